The molecule has 6 nitrogen and oxygen atoms in total. The van der Waals surface area contributed by atoms with Crippen LogP contribution in [-0.4, -0.2) is 47.4 Å². The Kier molecular flexibility index (Phi) is 19.1. The van der Waals surface area contributed by atoms with E-state index in [0.717, 1.165) is 43.3 Å². The highest BCUT2D eigenvalue weighted by Crippen LogP contribution is 2.15. The highest BCUT2D eigenvalue weighted by atomic mass is 32.2. The number of hydrogen-bond donors (Lipinski definition) is 2. The second kappa shape index (κ2) is 21.6. The van der Waals surface area contributed by atoms with Crippen molar-refractivity contribution in [3.05, 3.63) is 83.1 Å². The molecule has 0 saturated heterocycles. The van der Waals surface area contributed by atoms with Gasteiger partial charge in [0.25, 0.3) is 0 Å². The van der Waals surface area contributed by atoms with Crippen LogP contribution in [0.1, 0.15) is 99.0 Å². The Labute approximate surface area is 271 Å². The van der Waals surface area contributed by atoms with Gasteiger partial charge in [-0.1, -0.05) is 71.9 Å². The minimum absolute atomic E-state index is 0.108. The zero-order valence-electron chi connectivity index (χ0n) is 28.2. The maximum Gasteiger partial charge on any atom is 0.408 e. The quantitative estimate of drug-likeness (QED) is 0.0809. The third-order valence-corrected chi connectivity index (χ3v) is 7.86. The minimum atomic E-state index is -0.664. The van der Waals surface area contributed by atoms with Crippen LogP contribution in [0.5, 0.6) is 0 Å². The van der Waals surface area contributed by atoms with Crippen molar-refractivity contribution in [3.8, 4) is 0 Å². The van der Waals surface area contributed by atoms with Crippen LogP contribution in [0.3, 0.4) is 0 Å². The van der Waals surface area contributed by atoms with Crippen LogP contribution < -0.4 is 10.6 Å². The van der Waals surface area contributed by atoms with Crippen LogP contribution in [0.2, 0.25) is 0 Å². The summed E-state index contributed by atoms with van der Waals surface area (Å²) in [5, 5.41) is 6.02. The van der Waals surface area contributed by atoms with Crippen molar-refractivity contribution >= 4 is 29.9 Å². The van der Waals surface area contributed by atoms with Gasteiger partial charge in [-0.3, -0.25) is 4.79 Å². The Bertz CT molecular complexity index is 1130. The Balaban J connectivity index is 2.61. The largest absolute Gasteiger partial charge is 0.444 e. The van der Waals surface area contributed by atoms with Crippen molar-refractivity contribution in [2.75, 3.05) is 11.5 Å². The number of hydrogen-bond acceptors (Lipinski definition) is 6. The molecular formula is C37H56N2O4S. The van der Waals surface area contributed by atoms with E-state index in [2.05, 4.69) is 63.1 Å². The van der Waals surface area contributed by atoms with Gasteiger partial charge in [-0.2, -0.15) is 11.8 Å². The van der Waals surface area contributed by atoms with Gasteiger partial charge in [0.05, 0.1) is 12.1 Å². The molecule has 0 bridgehead atoms. The molecule has 0 spiro atoms. The number of ether oxygens (including phenoxy) is 1. The summed E-state index contributed by atoms with van der Waals surface area (Å²) in [6.45, 7) is 18.1. The fourth-order valence-electron chi connectivity index (χ4n) is 4.33. The van der Waals surface area contributed by atoms with E-state index >= 15 is 0 Å². The molecule has 0 aliphatic rings. The molecule has 0 aliphatic heterocycles. The van der Waals surface area contributed by atoms with Gasteiger partial charge in [-0.15, -0.1) is 0 Å². The number of aldehydes is 1. The van der Waals surface area contributed by atoms with E-state index in [1.165, 1.54) is 16.7 Å². The summed E-state index contributed by atoms with van der Waals surface area (Å²) < 4.78 is 5.44. The zero-order valence-corrected chi connectivity index (χ0v) is 29.0. The Morgan fingerprint density at radius 3 is 2.16 bits per heavy atom. The van der Waals surface area contributed by atoms with Crippen LogP contribution in [-0.2, 0) is 20.7 Å². The molecule has 2 N–H and O–H groups in total. The molecule has 0 radical (unpaired) electrons. The van der Waals surface area contributed by atoms with E-state index in [4.69, 9.17) is 4.74 Å². The molecule has 244 valence electrons. The third-order valence-electron chi connectivity index (χ3n) is 6.86. The first kappa shape index (κ1) is 39.0. The number of thioether (sulfide) groups is 1. The van der Waals surface area contributed by atoms with Gasteiger partial charge in [-0.05, 0) is 92.6 Å². The molecule has 7 heteroatoms. The number of allylic oxidation sites excluding steroid dienone is 5. The van der Waals surface area contributed by atoms with Crippen LogP contribution >= 0.6 is 11.8 Å². The summed E-state index contributed by atoms with van der Waals surface area (Å²) in [7, 11) is 0. The predicted molar refractivity (Wildman–Crippen MR) is 187 cm³/mol. The van der Waals surface area contributed by atoms with Crippen molar-refractivity contribution in [1.82, 2.24) is 10.6 Å². The summed E-state index contributed by atoms with van der Waals surface area (Å²) >= 11 is 1.67. The smallest absolute Gasteiger partial charge is 0.408 e. The lowest BCUT2D eigenvalue weighted by molar-refractivity contribution is -0.119. The van der Waals surface area contributed by atoms with E-state index < -0.39 is 23.8 Å². The van der Waals surface area contributed by atoms with E-state index in [-0.39, 0.29) is 12.2 Å². The summed E-state index contributed by atoms with van der Waals surface area (Å²) in [6.07, 6.45) is 13.1. The fourth-order valence-corrected chi connectivity index (χ4v) is 5.29. The highest BCUT2D eigenvalue weighted by molar-refractivity contribution is 7.99. The molecule has 0 heterocycles. The van der Waals surface area contributed by atoms with Gasteiger partial charge in [0.1, 0.15) is 17.7 Å². The minimum Gasteiger partial charge on any atom is -0.444 e. The molecule has 0 saturated carbocycles. The summed E-state index contributed by atoms with van der Waals surface area (Å²) in [5.41, 5.74) is 5.07. The standard InChI is InChI=1S/C37H56N2O4S/c1-28(2)14-12-15-29(3)16-13-17-30(4)24-25-44-27-33(26-40)38-31(5)35(39-36(42)43-37(6,7)8)23-22-34(41)21-20-32-18-10-9-11-19-32/h9-11,14,16,18-19,24,26,33,35,38H,5,12-13,15,17,20-23,25,27H2,1-4,6-8H3,(H,39,42)/b29-16+,30-24+. The number of rotatable bonds is 21. The number of nitrogens with one attached hydrogen (secondary N) is 2. The lowest BCUT2D eigenvalue weighted by atomic mass is 10.0. The molecule has 44 heavy (non-hydrogen) atoms. The van der Waals surface area contributed by atoms with Crippen molar-refractivity contribution in [2.45, 2.75) is 118 Å². The monoisotopic (exact) mass is 624 g/mol. The number of aryl methyl sites for hydroxylation is 1. The Hall–Kier alpha value is -3.06. The third kappa shape index (κ3) is 20.0. The lowest BCUT2D eigenvalue weighted by Gasteiger charge is -2.26. The molecule has 1 rings (SSSR count). The summed E-state index contributed by atoms with van der Waals surface area (Å²) in [5.74, 6) is 1.48. The van der Waals surface area contributed by atoms with Gasteiger partial charge in [0.2, 0.25) is 0 Å². The Morgan fingerprint density at radius 1 is 0.909 bits per heavy atom. The van der Waals surface area contributed by atoms with Gasteiger partial charge < -0.3 is 20.2 Å². The second-order valence-electron chi connectivity index (χ2n) is 12.7. The molecule has 1 amide bonds. The first-order valence-corrected chi connectivity index (χ1v) is 16.9. The SMILES string of the molecule is C=C(NC(C=O)CSC/C=C(\C)CC/C=C(\C)CCC=C(C)C)C(CCC(=O)CCc1ccccc1)NC(=O)OC(C)(C)C. The molecule has 0 aliphatic carbocycles. The number of ketones is 1. The maximum atomic E-state index is 12.7. The van der Waals surface area contributed by atoms with Crippen molar-refractivity contribution in [2.24, 2.45) is 0 Å². The molecule has 0 fully saturated rings. The molecule has 2 atom stereocenters. The summed E-state index contributed by atoms with van der Waals surface area (Å²) in [4.78, 5) is 37.1. The molecule has 1 aromatic carbocycles. The number of benzene rings is 1. The van der Waals surface area contributed by atoms with Crippen molar-refractivity contribution < 1.29 is 19.1 Å². The van der Waals surface area contributed by atoms with Crippen molar-refractivity contribution in [1.29, 1.82) is 0 Å². The first-order valence-electron chi connectivity index (χ1n) is 15.8. The zero-order chi connectivity index (χ0) is 33.0. The topological polar surface area (TPSA) is 84.5 Å². The molecule has 2 unspecified atom stereocenters. The number of carbonyl (C=O) groups is 3. The van der Waals surface area contributed by atoms with Crippen LogP contribution in [0.25, 0.3) is 0 Å². The van der Waals surface area contributed by atoms with Gasteiger partial charge in [0.15, 0.2) is 0 Å². The highest BCUT2D eigenvalue weighted by Gasteiger charge is 2.23. The number of amides is 1. The predicted octanol–water partition coefficient (Wildman–Crippen LogP) is 8.69. The average Bonchev–Trinajstić information content (AvgIpc) is 2.94. The van der Waals surface area contributed by atoms with E-state index in [0.29, 0.717) is 30.7 Å². The second-order valence-corrected chi connectivity index (χ2v) is 13.7. The summed E-state index contributed by atoms with van der Waals surface area (Å²) in [6, 6.07) is 8.87. The van der Waals surface area contributed by atoms with Gasteiger partial charge in [-0.25, -0.2) is 4.79 Å². The van der Waals surface area contributed by atoms with Crippen molar-refractivity contribution in [3.63, 3.8) is 0 Å². The first-order chi connectivity index (χ1) is 20.8. The van der Waals surface area contributed by atoms with Crippen LogP contribution in [0.15, 0.2) is 77.6 Å². The number of Topliss-reactive ketones (excluding diaryl/α,β-unsaturated/α-hetero) is 1. The van der Waals surface area contributed by atoms with E-state index in [9.17, 15) is 14.4 Å². The number of carbonyl (C=O) groups excluding carboxylic acids is 3. The fraction of sp³-hybridized carbons (Fsp3) is 0.541. The van der Waals surface area contributed by atoms with Gasteiger partial charge in [0, 0.05) is 30.0 Å². The molecule has 0 aromatic heterocycles. The molecular weight excluding hydrogens is 568 g/mol. The van der Waals surface area contributed by atoms with Crippen LogP contribution in [0.4, 0.5) is 4.79 Å². The maximum absolute atomic E-state index is 12.7. The van der Waals surface area contributed by atoms with Gasteiger partial charge >= 0.3 is 6.09 Å². The Morgan fingerprint density at radius 2 is 1.55 bits per heavy atom. The molecule has 1 aromatic rings. The van der Waals surface area contributed by atoms with Crippen LogP contribution in [0, 0.1) is 0 Å². The van der Waals surface area contributed by atoms with E-state index in [1.54, 1.807) is 32.5 Å². The average molecular weight is 625 g/mol. The normalized spacial score (nSPS) is 13.4. The van der Waals surface area contributed by atoms with E-state index in [1.807, 2.05) is 30.3 Å². The number of alkyl carbamates (subject to hydrolysis) is 1. The lowest BCUT2D eigenvalue weighted by Crippen LogP contribution is -2.45.